The predicted molar refractivity (Wildman–Crippen MR) is 38.3 cm³/mol. The van der Waals surface area contributed by atoms with Gasteiger partial charge in [0, 0.05) is 13.0 Å². The molecule has 0 aliphatic rings. The van der Waals surface area contributed by atoms with Crippen molar-refractivity contribution in [2.45, 2.75) is 13.0 Å². The first kappa shape index (κ1) is 10.6. The van der Waals surface area contributed by atoms with Gasteiger partial charge in [-0.1, -0.05) is 0 Å². The minimum Gasteiger partial charge on any atom is -0.381 e. The second kappa shape index (κ2) is 6.68. The molecule has 0 aromatic carbocycles. The SMILES string of the molecule is COC(C)CCl.P. The molecule has 0 bridgehead atoms. The van der Waals surface area contributed by atoms with E-state index in [9.17, 15) is 0 Å². The van der Waals surface area contributed by atoms with Gasteiger partial charge in [0.05, 0.1) is 6.10 Å². The largest absolute Gasteiger partial charge is 0.381 e. The van der Waals surface area contributed by atoms with Gasteiger partial charge in [0.2, 0.25) is 0 Å². The summed E-state index contributed by atoms with van der Waals surface area (Å²) in [4.78, 5) is 0. The monoisotopic (exact) mass is 142 g/mol. The van der Waals surface area contributed by atoms with Crippen LogP contribution in [0.5, 0.6) is 0 Å². The Morgan fingerprint density at radius 3 is 2.14 bits per heavy atom. The predicted octanol–water partition coefficient (Wildman–Crippen LogP) is 1.32. The molecule has 0 fully saturated rings. The van der Waals surface area contributed by atoms with Crippen LogP contribution < -0.4 is 0 Å². The molecule has 2 atom stereocenters. The summed E-state index contributed by atoms with van der Waals surface area (Å²) in [5.41, 5.74) is 0. The molecule has 0 spiro atoms. The lowest BCUT2D eigenvalue weighted by Crippen LogP contribution is -2.04. The molecule has 3 heteroatoms. The molecule has 7 heavy (non-hydrogen) atoms. The Bertz CT molecular complexity index is 30.9. The number of rotatable bonds is 2. The van der Waals surface area contributed by atoms with Crippen LogP contribution in [-0.2, 0) is 4.74 Å². The lowest BCUT2D eigenvalue weighted by atomic mass is 10.5. The van der Waals surface area contributed by atoms with Crippen LogP contribution in [0.15, 0.2) is 0 Å². The van der Waals surface area contributed by atoms with E-state index in [4.69, 9.17) is 16.3 Å². The van der Waals surface area contributed by atoms with Gasteiger partial charge >= 0.3 is 0 Å². The molecule has 1 nitrogen and oxygen atoms in total. The second-order valence-corrected chi connectivity index (χ2v) is 1.51. The van der Waals surface area contributed by atoms with Gasteiger partial charge in [0.1, 0.15) is 0 Å². The summed E-state index contributed by atoms with van der Waals surface area (Å²) >= 11 is 5.33. The van der Waals surface area contributed by atoms with E-state index in [2.05, 4.69) is 0 Å². The highest BCUT2D eigenvalue weighted by atomic mass is 35.5. The first-order valence-corrected chi connectivity index (χ1v) is 2.43. The highest BCUT2D eigenvalue weighted by molar-refractivity contribution is 6.92. The Kier molecular flexibility index (Phi) is 10.1. The van der Waals surface area contributed by atoms with E-state index in [1.807, 2.05) is 6.92 Å². The summed E-state index contributed by atoms with van der Waals surface area (Å²) in [5.74, 6) is 0.580. The van der Waals surface area contributed by atoms with E-state index in [0.29, 0.717) is 5.88 Å². The smallest absolute Gasteiger partial charge is 0.0678 e. The second-order valence-electron chi connectivity index (χ2n) is 1.20. The van der Waals surface area contributed by atoms with Crippen LogP contribution in [0.25, 0.3) is 0 Å². The number of halogens is 1. The topological polar surface area (TPSA) is 9.23 Å². The highest BCUT2D eigenvalue weighted by Gasteiger charge is 1.90. The molecular weight excluding hydrogens is 130 g/mol. The number of alkyl halides is 1. The summed E-state index contributed by atoms with van der Waals surface area (Å²) in [6.45, 7) is 1.92. The molecule has 0 saturated heterocycles. The Labute approximate surface area is 53.0 Å². The maximum Gasteiger partial charge on any atom is 0.0678 e. The lowest BCUT2D eigenvalue weighted by Gasteiger charge is -1.99. The quantitative estimate of drug-likeness (QED) is 0.418. The van der Waals surface area contributed by atoms with E-state index in [-0.39, 0.29) is 16.0 Å². The van der Waals surface area contributed by atoms with Crippen molar-refractivity contribution in [1.29, 1.82) is 0 Å². The summed E-state index contributed by atoms with van der Waals surface area (Å²) in [5, 5.41) is 0. The number of methoxy groups -OCH3 is 1. The van der Waals surface area contributed by atoms with Crippen molar-refractivity contribution in [3.05, 3.63) is 0 Å². The Balaban J connectivity index is 0. The third-order valence-electron chi connectivity index (χ3n) is 0.620. The van der Waals surface area contributed by atoms with Crippen molar-refractivity contribution in [2.24, 2.45) is 0 Å². The molecule has 2 unspecified atom stereocenters. The molecule has 0 radical (unpaired) electrons. The minimum absolute atomic E-state index is 0. The van der Waals surface area contributed by atoms with E-state index in [1.54, 1.807) is 7.11 Å². The molecule has 46 valence electrons. The zero-order valence-corrected chi connectivity index (χ0v) is 6.95. The standard InChI is InChI=1S/C4H9ClO.H3P/c1-4(3-5)6-2;/h4H,3H2,1-2H3;1H3. The molecule has 0 aromatic rings. The number of hydrogen-bond acceptors (Lipinski definition) is 1. The van der Waals surface area contributed by atoms with Gasteiger partial charge in [-0.2, -0.15) is 9.90 Å². The van der Waals surface area contributed by atoms with Gasteiger partial charge < -0.3 is 4.74 Å². The first-order valence-electron chi connectivity index (χ1n) is 1.90. The average Bonchev–Trinajstić information content (AvgIpc) is 1.65. The molecule has 0 heterocycles. The van der Waals surface area contributed by atoms with Crippen molar-refractivity contribution in [1.82, 2.24) is 0 Å². The van der Waals surface area contributed by atoms with Gasteiger partial charge in [-0.15, -0.1) is 11.6 Å². The zero-order chi connectivity index (χ0) is 4.99. The highest BCUT2D eigenvalue weighted by Crippen LogP contribution is 1.87. The number of ether oxygens (including phenoxy) is 1. The maximum atomic E-state index is 5.33. The van der Waals surface area contributed by atoms with Crippen LogP contribution in [0.1, 0.15) is 6.92 Å². The lowest BCUT2D eigenvalue weighted by molar-refractivity contribution is 0.136. The zero-order valence-electron chi connectivity index (χ0n) is 4.78. The van der Waals surface area contributed by atoms with Gasteiger partial charge in [0.25, 0.3) is 0 Å². The van der Waals surface area contributed by atoms with Crippen molar-refractivity contribution in [2.75, 3.05) is 13.0 Å². The van der Waals surface area contributed by atoms with E-state index < -0.39 is 0 Å². The summed E-state index contributed by atoms with van der Waals surface area (Å²) in [6.07, 6.45) is 0.201. The Morgan fingerprint density at radius 1 is 1.71 bits per heavy atom. The van der Waals surface area contributed by atoms with Crippen LogP contribution in [0.2, 0.25) is 0 Å². The van der Waals surface area contributed by atoms with E-state index in [0.717, 1.165) is 0 Å². The normalized spacial score (nSPS) is 12.4. The third kappa shape index (κ3) is 6.68. The van der Waals surface area contributed by atoms with Crippen LogP contribution in [0.4, 0.5) is 0 Å². The van der Waals surface area contributed by atoms with Gasteiger partial charge in [0.15, 0.2) is 0 Å². The Morgan fingerprint density at radius 2 is 2.14 bits per heavy atom. The van der Waals surface area contributed by atoms with Crippen molar-refractivity contribution in [3.63, 3.8) is 0 Å². The molecule has 0 aromatic heterocycles. The fourth-order valence-corrected chi connectivity index (χ4v) is 0.189. The van der Waals surface area contributed by atoms with E-state index in [1.165, 1.54) is 0 Å². The first-order chi connectivity index (χ1) is 2.81. The average molecular weight is 143 g/mol. The molecule has 0 rings (SSSR count). The van der Waals surface area contributed by atoms with Crippen LogP contribution >= 0.6 is 21.5 Å². The molecule has 0 aliphatic carbocycles. The van der Waals surface area contributed by atoms with Gasteiger partial charge in [-0.05, 0) is 6.92 Å². The van der Waals surface area contributed by atoms with Crippen molar-refractivity contribution >= 4 is 21.5 Å². The summed E-state index contributed by atoms with van der Waals surface area (Å²) in [7, 11) is 1.65. The molecule has 0 aliphatic heterocycles. The van der Waals surface area contributed by atoms with Crippen LogP contribution in [0, 0.1) is 0 Å². The molecule has 0 saturated carbocycles. The fourth-order valence-electron chi connectivity index (χ4n) is 0.0630. The molecule has 0 amide bonds. The molecule has 0 N–H and O–H groups in total. The van der Waals surface area contributed by atoms with Crippen LogP contribution in [0.3, 0.4) is 0 Å². The van der Waals surface area contributed by atoms with Crippen LogP contribution in [-0.4, -0.2) is 19.1 Å². The van der Waals surface area contributed by atoms with E-state index >= 15 is 0 Å². The number of hydrogen-bond donors (Lipinski definition) is 0. The molecular formula is C4H12ClOP. The summed E-state index contributed by atoms with van der Waals surface area (Å²) < 4.78 is 4.77. The fraction of sp³-hybridized carbons (Fsp3) is 1.00. The van der Waals surface area contributed by atoms with Gasteiger partial charge in [-0.3, -0.25) is 0 Å². The van der Waals surface area contributed by atoms with Crippen molar-refractivity contribution in [3.8, 4) is 0 Å². The maximum absolute atomic E-state index is 5.33. The third-order valence-corrected chi connectivity index (χ3v) is 1.05. The summed E-state index contributed by atoms with van der Waals surface area (Å²) in [6, 6.07) is 0. The van der Waals surface area contributed by atoms with Crippen molar-refractivity contribution < 1.29 is 4.74 Å². The van der Waals surface area contributed by atoms with Gasteiger partial charge in [-0.25, -0.2) is 0 Å². The minimum atomic E-state index is 0. The Hall–Kier alpha value is 0.680.